The molecule has 444 valence electrons. The summed E-state index contributed by atoms with van der Waals surface area (Å²) in [6.07, 6.45) is 0.451. The number of hydrogen-bond donors (Lipinski definition) is 15. The quantitative estimate of drug-likeness (QED) is 0.0306. The molecule has 1 rings (SSSR count). The molecule has 10 amide bonds. The Bertz CT molecular complexity index is 2230. The monoisotopic (exact) mass is 1120 g/mol. The Balaban J connectivity index is 3.29. The number of carbonyl (C=O) groups is 12. The maximum absolute atomic E-state index is 13.9. The average molecular weight is 1120 g/mol. The van der Waals surface area contributed by atoms with Crippen LogP contribution in [0.25, 0.3) is 0 Å². The Morgan fingerprint density at radius 2 is 1.01 bits per heavy atom. The topological polar surface area (TPSA) is 458 Å². The SMILES string of the molecule is CC[C@H](C)[C@H](NC(=O)[C@H](Cc1ccccc1)NC(=O)[C@H](C)NC(=O)C(C)(C)NC(=O)[C@H](CCC(N)=O)NC(=O)[C@H](C)NC(=O)[C@H](CCCCN)NC(=O)[C@H](CCCCN)NC(=O)[C@H](CC(=O)O)NC(=O)[C@@H](N)CC(C)C)C(=O)O. The second-order valence-electron chi connectivity index (χ2n) is 20.7. The number of carbonyl (C=O) groups excluding carboxylic acids is 10. The zero-order chi connectivity index (χ0) is 60.2. The summed E-state index contributed by atoms with van der Waals surface area (Å²) in [6.45, 7) is 12.7. The van der Waals surface area contributed by atoms with Crippen LogP contribution in [-0.4, -0.2) is 154 Å². The fourth-order valence-corrected chi connectivity index (χ4v) is 7.76. The third-order valence-electron chi connectivity index (χ3n) is 12.7. The third-order valence-corrected chi connectivity index (χ3v) is 12.7. The molecule has 19 N–H and O–H groups in total. The molecule has 27 nitrogen and oxygen atoms in total. The van der Waals surface area contributed by atoms with Crippen molar-refractivity contribution < 1.29 is 67.7 Å². The van der Waals surface area contributed by atoms with Crippen LogP contribution < -0.4 is 70.8 Å². The van der Waals surface area contributed by atoms with Gasteiger partial charge in [0.2, 0.25) is 59.1 Å². The maximum atomic E-state index is 13.9. The van der Waals surface area contributed by atoms with Crippen molar-refractivity contribution in [3.63, 3.8) is 0 Å². The zero-order valence-electron chi connectivity index (χ0n) is 46.7. The molecule has 1 aromatic rings. The average Bonchev–Trinajstić information content (AvgIpc) is 3.37. The molecular weight excluding hydrogens is 1030 g/mol. The second kappa shape index (κ2) is 35.3. The van der Waals surface area contributed by atoms with Gasteiger partial charge in [0.15, 0.2) is 0 Å². The molecule has 0 aliphatic rings. The van der Waals surface area contributed by atoms with Crippen LogP contribution in [-0.2, 0) is 64.0 Å². The van der Waals surface area contributed by atoms with Gasteiger partial charge in [-0.15, -0.1) is 0 Å². The number of primary amides is 1. The number of carboxylic acids is 2. The van der Waals surface area contributed by atoms with Crippen LogP contribution >= 0.6 is 0 Å². The van der Waals surface area contributed by atoms with Crippen LogP contribution in [0.3, 0.4) is 0 Å². The van der Waals surface area contributed by atoms with Gasteiger partial charge in [0.05, 0.1) is 12.5 Å². The van der Waals surface area contributed by atoms with E-state index in [-0.39, 0.29) is 51.1 Å². The Morgan fingerprint density at radius 3 is 1.49 bits per heavy atom. The predicted octanol–water partition coefficient (Wildman–Crippen LogP) is -2.46. The summed E-state index contributed by atoms with van der Waals surface area (Å²) in [4.78, 5) is 158. The van der Waals surface area contributed by atoms with Crippen LogP contribution in [0.5, 0.6) is 0 Å². The van der Waals surface area contributed by atoms with Crippen LogP contribution in [0.4, 0.5) is 0 Å². The van der Waals surface area contributed by atoms with Gasteiger partial charge in [-0.1, -0.05) is 64.4 Å². The normalized spacial score (nSPS) is 15.1. The summed E-state index contributed by atoms with van der Waals surface area (Å²) < 4.78 is 0. The first-order valence-corrected chi connectivity index (χ1v) is 26.7. The summed E-state index contributed by atoms with van der Waals surface area (Å²) in [7, 11) is 0. The Labute approximate surface area is 461 Å². The van der Waals surface area contributed by atoms with Gasteiger partial charge in [-0.2, -0.15) is 0 Å². The Hall–Kier alpha value is -7.26. The zero-order valence-corrected chi connectivity index (χ0v) is 46.7. The van der Waals surface area contributed by atoms with Gasteiger partial charge in [-0.25, -0.2) is 4.79 Å². The van der Waals surface area contributed by atoms with Crippen molar-refractivity contribution in [1.29, 1.82) is 0 Å². The lowest BCUT2D eigenvalue weighted by atomic mass is 9.98. The molecule has 0 spiro atoms. The lowest BCUT2D eigenvalue weighted by molar-refractivity contribution is -0.144. The Morgan fingerprint density at radius 1 is 0.557 bits per heavy atom. The molecule has 27 heteroatoms. The van der Waals surface area contributed by atoms with E-state index in [1.807, 2.05) is 13.8 Å². The van der Waals surface area contributed by atoms with Crippen molar-refractivity contribution in [2.75, 3.05) is 13.1 Å². The van der Waals surface area contributed by atoms with Crippen molar-refractivity contribution in [1.82, 2.24) is 47.9 Å². The van der Waals surface area contributed by atoms with E-state index in [1.165, 1.54) is 27.7 Å². The molecule has 10 atom stereocenters. The number of nitrogens with one attached hydrogen (secondary N) is 9. The molecule has 0 saturated carbocycles. The number of nitrogens with two attached hydrogens (primary N) is 4. The molecule has 0 heterocycles. The van der Waals surface area contributed by atoms with E-state index in [4.69, 9.17) is 22.9 Å². The van der Waals surface area contributed by atoms with Crippen molar-refractivity contribution in [2.45, 2.75) is 192 Å². The smallest absolute Gasteiger partial charge is 0.326 e. The lowest BCUT2D eigenvalue weighted by Crippen LogP contribution is -2.63. The van der Waals surface area contributed by atoms with Crippen LogP contribution in [0.2, 0.25) is 0 Å². The fourth-order valence-electron chi connectivity index (χ4n) is 7.76. The number of amides is 10. The molecule has 0 bridgehead atoms. The van der Waals surface area contributed by atoms with E-state index in [9.17, 15) is 67.7 Å². The van der Waals surface area contributed by atoms with Crippen LogP contribution in [0, 0.1) is 11.8 Å². The standard InChI is InChI=1S/C52H87N13O14/c1-9-29(4)41(50(77)78)64-48(75)37(26-32-17-11-10-12-18-32)62-43(70)31(6)58-51(79)52(7,8)65-49(76)36(21-22-39(56)66)59-42(69)30(5)57-45(72)34(19-13-15-23-53)60-46(73)35(20-14-16-24-54)61-47(74)38(27-40(67)68)63-44(71)33(55)25-28(2)3/h10-12,17-18,28-31,33-38,41H,9,13-16,19-27,53-55H2,1-8H3,(H2,56,66)(H,57,72)(H,58,79)(H,59,69)(H,60,73)(H,61,74)(H,62,70)(H,63,71)(H,64,75)(H,65,76)(H,67,68)(H,77,78)/t29-,30-,31-,33-,34-,35-,36-,37-,38-,41-/m0/s1. The van der Waals surface area contributed by atoms with Crippen molar-refractivity contribution >= 4 is 71.0 Å². The molecule has 0 aliphatic heterocycles. The van der Waals surface area contributed by atoms with E-state index in [1.54, 1.807) is 44.2 Å². The van der Waals surface area contributed by atoms with Crippen molar-refractivity contribution in [2.24, 2.45) is 34.8 Å². The molecule has 0 saturated heterocycles. The molecule has 1 aromatic carbocycles. The summed E-state index contributed by atoms with van der Waals surface area (Å²) in [5.74, 6) is -11.9. The summed E-state index contributed by atoms with van der Waals surface area (Å²) in [5, 5.41) is 41.8. The van der Waals surface area contributed by atoms with Crippen molar-refractivity contribution in [3.05, 3.63) is 35.9 Å². The fraction of sp³-hybridized carbons (Fsp3) is 0.654. The van der Waals surface area contributed by atoms with Gasteiger partial charge >= 0.3 is 11.9 Å². The highest BCUT2D eigenvalue weighted by atomic mass is 16.4. The van der Waals surface area contributed by atoms with Crippen LogP contribution in [0.15, 0.2) is 30.3 Å². The van der Waals surface area contributed by atoms with E-state index in [2.05, 4.69) is 47.9 Å². The maximum Gasteiger partial charge on any atom is 0.326 e. The molecule has 0 aliphatic carbocycles. The predicted molar refractivity (Wildman–Crippen MR) is 290 cm³/mol. The first-order valence-electron chi connectivity index (χ1n) is 26.7. The summed E-state index contributed by atoms with van der Waals surface area (Å²) in [6, 6.07) is -3.56. The minimum Gasteiger partial charge on any atom is -0.481 e. The van der Waals surface area contributed by atoms with Crippen molar-refractivity contribution in [3.8, 4) is 0 Å². The number of benzene rings is 1. The summed E-state index contributed by atoms with van der Waals surface area (Å²) in [5.41, 5.74) is 21.5. The van der Waals surface area contributed by atoms with Gasteiger partial charge in [-0.05, 0) is 110 Å². The number of hydrogen-bond acceptors (Lipinski definition) is 15. The highest BCUT2D eigenvalue weighted by Crippen LogP contribution is 2.13. The largest absolute Gasteiger partial charge is 0.481 e. The molecule has 0 fully saturated rings. The number of carboxylic acid groups (broad SMARTS) is 2. The number of aliphatic carboxylic acids is 2. The van der Waals surface area contributed by atoms with E-state index >= 15 is 0 Å². The highest BCUT2D eigenvalue weighted by molar-refractivity contribution is 5.99. The number of unbranched alkanes of at least 4 members (excludes halogenated alkanes) is 2. The lowest BCUT2D eigenvalue weighted by Gasteiger charge is -2.30. The molecule has 0 radical (unpaired) electrons. The summed E-state index contributed by atoms with van der Waals surface area (Å²) >= 11 is 0. The third kappa shape index (κ3) is 26.3. The molecule has 0 unspecified atom stereocenters. The minimum atomic E-state index is -1.81. The van der Waals surface area contributed by atoms with Gasteiger partial charge in [0.25, 0.3) is 0 Å². The van der Waals surface area contributed by atoms with E-state index in [0.29, 0.717) is 37.7 Å². The first kappa shape index (κ1) is 69.8. The Kier molecular flexibility index (Phi) is 31.2. The van der Waals surface area contributed by atoms with Gasteiger partial charge in [0, 0.05) is 12.8 Å². The number of rotatable bonds is 38. The highest BCUT2D eigenvalue weighted by Gasteiger charge is 2.37. The minimum absolute atomic E-state index is 0.00302. The van der Waals surface area contributed by atoms with Gasteiger partial charge < -0.3 is 81.0 Å². The van der Waals surface area contributed by atoms with Crippen LogP contribution in [0.1, 0.15) is 132 Å². The van der Waals surface area contributed by atoms with Gasteiger partial charge in [0.1, 0.15) is 53.9 Å². The second-order valence-corrected chi connectivity index (χ2v) is 20.7. The molecule has 79 heavy (non-hydrogen) atoms. The molecular formula is C52H87N13O14. The van der Waals surface area contributed by atoms with Gasteiger partial charge in [-0.3, -0.25) is 52.7 Å². The molecule has 0 aromatic heterocycles. The van der Waals surface area contributed by atoms with E-state index < -0.39 is 150 Å². The van der Waals surface area contributed by atoms with E-state index in [0.717, 1.165) is 0 Å². The first-order chi connectivity index (χ1) is 37.0.